The number of benzene rings is 3. The summed E-state index contributed by atoms with van der Waals surface area (Å²) in [5, 5.41) is 3.30. The zero-order valence-electron chi connectivity index (χ0n) is 15.8. The first-order chi connectivity index (χ1) is 13.5. The average Bonchev–Trinajstić information content (AvgIpc) is 2.68. The van der Waals surface area contributed by atoms with Gasteiger partial charge in [0.2, 0.25) is 5.91 Å². The molecular formula is C23H22ClFN2O. The number of anilines is 1. The summed E-state index contributed by atoms with van der Waals surface area (Å²) in [5.41, 5.74) is 3.02. The van der Waals surface area contributed by atoms with Crippen LogP contribution in [0.15, 0.2) is 72.8 Å². The highest BCUT2D eigenvalue weighted by Gasteiger charge is 2.26. The molecule has 0 fully saturated rings. The van der Waals surface area contributed by atoms with Gasteiger partial charge in [0, 0.05) is 22.8 Å². The van der Waals surface area contributed by atoms with Gasteiger partial charge in [0.1, 0.15) is 11.9 Å². The molecule has 0 aliphatic rings. The van der Waals surface area contributed by atoms with Gasteiger partial charge >= 0.3 is 0 Å². The van der Waals surface area contributed by atoms with Crippen molar-refractivity contribution in [2.75, 3.05) is 12.4 Å². The van der Waals surface area contributed by atoms with Crippen LogP contribution in [-0.2, 0) is 11.3 Å². The van der Waals surface area contributed by atoms with Gasteiger partial charge in [0.25, 0.3) is 0 Å². The van der Waals surface area contributed by atoms with Gasteiger partial charge in [0.05, 0.1) is 0 Å². The zero-order chi connectivity index (χ0) is 20.1. The van der Waals surface area contributed by atoms with Gasteiger partial charge < -0.3 is 5.32 Å². The van der Waals surface area contributed by atoms with E-state index in [1.54, 1.807) is 24.1 Å². The minimum absolute atomic E-state index is 0.190. The molecule has 3 aromatic carbocycles. The molecule has 0 bridgehead atoms. The van der Waals surface area contributed by atoms with Crippen LogP contribution in [0.4, 0.5) is 10.1 Å². The Labute approximate surface area is 169 Å². The first kappa shape index (κ1) is 20.1. The second-order valence-corrected chi connectivity index (χ2v) is 7.19. The topological polar surface area (TPSA) is 32.3 Å². The molecule has 0 aliphatic carbocycles. The van der Waals surface area contributed by atoms with Crippen LogP contribution in [0, 0.1) is 12.7 Å². The molecule has 3 nitrogen and oxygen atoms in total. The molecule has 5 heteroatoms. The maximum Gasteiger partial charge on any atom is 0.246 e. The largest absolute Gasteiger partial charge is 0.324 e. The smallest absolute Gasteiger partial charge is 0.246 e. The highest BCUT2D eigenvalue weighted by Crippen LogP contribution is 2.27. The Bertz CT molecular complexity index is 924. The van der Waals surface area contributed by atoms with Crippen LogP contribution < -0.4 is 5.32 Å². The lowest BCUT2D eigenvalue weighted by Crippen LogP contribution is -2.34. The van der Waals surface area contributed by atoms with Crippen molar-refractivity contribution in [3.05, 3.63) is 100 Å². The van der Waals surface area contributed by atoms with Crippen LogP contribution in [0.5, 0.6) is 0 Å². The lowest BCUT2D eigenvalue weighted by atomic mass is 10.0. The second kappa shape index (κ2) is 9.00. The number of hydrogen-bond acceptors (Lipinski definition) is 2. The van der Waals surface area contributed by atoms with Crippen LogP contribution >= 0.6 is 11.6 Å². The summed E-state index contributed by atoms with van der Waals surface area (Å²) in [6.45, 7) is 2.19. The zero-order valence-corrected chi connectivity index (χ0v) is 16.6. The van der Waals surface area contributed by atoms with E-state index >= 15 is 0 Å². The van der Waals surface area contributed by atoms with Gasteiger partial charge in [-0.05, 0) is 43.8 Å². The molecule has 1 atom stereocenters. The van der Waals surface area contributed by atoms with Crippen molar-refractivity contribution < 1.29 is 9.18 Å². The van der Waals surface area contributed by atoms with E-state index < -0.39 is 6.04 Å². The van der Waals surface area contributed by atoms with Crippen molar-refractivity contribution in [1.29, 1.82) is 0 Å². The molecule has 144 valence electrons. The summed E-state index contributed by atoms with van der Waals surface area (Å²) >= 11 is 6.18. The highest BCUT2D eigenvalue weighted by molar-refractivity contribution is 6.31. The van der Waals surface area contributed by atoms with Gasteiger partial charge in [-0.1, -0.05) is 65.7 Å². The second-order valence-electron chi connectivity index (χ2n) is 6.78. The minimum Gasteiger partial charge on any atom is -0.324 e. The van der Waals surface area contributed by atoms with E-state index in [1.807, 2.05) is 61.5 Å². The number of carbonyl (C=O) groups excluding carboxylic acids is 1. The maximum absolute atomic E-state index is 14.3. The number of carbonyl (C=O) groups is 1. The third kappa shape index (κ3) is 4.77. The predicted molar refractivity (Wildman–Crippen MR) is 112 cm³/mol. The molecule has 3 rings (SSSR count). The van der Waals surface area contributed by atoms with Gasteiger partial charge in [-0.2, -0.15) is 0 Å². The Morgan fingerprint density at radius 2 is 1.71 bits per heavy atom. The number of nitrogens with one attached hydrogen (secondary N) is 1. The van der Waals surface area contributed by atoms with Crippen LogP contribution in [0.1, 0.15) is 22.7 Å². The van der Waals surface area contributed by atoms with Crippen molar-refractivity contribution >= 4 is 23.2 Å². The Hall–Kier alpha value is -2.69. The van der Waals surface area contributed by atoms with Gasteiger partial charge in [-0.25, -0.2) is 4.39 Å². The van der Waals surface area contributed by atoms with Crippen molar-refractivity contribution in [3.8, 4) is 0 Å². The first-order valence-electron chi connectivity index (χ1n) is 9.01. The fourth-order valence-corrected chi connectivity index (χ4v) is 3.34. The van der Waals surface area contributed by atoms with Crippen LogP contribution in [0.3, 0.4) is 0 Å². The molecule has 0 spiro atoms. The predicted octanol–water partition coefficient (Wildman–Crippen LogP) is 5.60. The van der Waals surface area contributed by atoms with E-state index in [-0.39, 0.29) is 18.3 Å². The number of nitrogens with zero attached hydrogens (tertiary/aromatic N) is 1. The average molecular weight is 397 g/mol. The lowest BCUT2D eigenvalue weighted by Gasteiger charge is -2.28. The molecule has 0 heterocycles. The number of rotatable bonds is 6. The maximum atomic E-state index is 14.3. The molecule has 0 radical (unpaired) electrons. The Balaban J connectivity index is 1.88. The van der Waals surface area contributed by atoms with Gasteiger partial charge in [-0.3, -0.25) is 9.69 Å². The Kier molecular flexibility index (Phi) is 6.45. The van der Waals surface area contributed by atoms with Crippen LogP contribution in [-0.4, -0.2) is 17.9 Å². The van der Waals surface area contributed by atoms with Crippen LogP contribution in [0.2, 0.25) is 5.02 Å². The summed E-state index contributed by atoms with van der Waals surface area (Å²) in [6.07, 6.45) is 0. The summed E-state index contributed by atoms with van der Waals surface area (Å²) in [5.74, 6) is -0.574. The Morgan fingerprint density at radius 3 is 2.36 bits per heavy atom. The summed E-state index contributed by atoms with van der Waals surface area (Å²) in [7, 11) is 1.79. The van der Waals surface area contributed by atoms with Crippen molar-refractivity contribution in [2.45, 2.75) is 19.5 Å². The molecule has 1 N–H and O–H groups in total. The number of amides is 1. The normalized spacial score (nSPS) is 12.0. The van der Waals surface area contributed by atoms with Crippen molar-refractivity contribution in [3.63, 3.8) is 0 Å². The van der Waals surface area contributed by atoms with Gasteiger partial charge in [0.15, 0.2) is 0 Å². The molecule has 0 aromatic heterocycles. The molecule has 0 aliphatic heterocycles. The summed E-state index contributed by atoms with van der Waals surface area (Å²) in [6, 6.07) is 21.0. The highest BCUT2D eigenvalue weighted by atomic mass is 35.5. The molecule has 28 heavy (non-hydrogen) atoms. The van der Waals surface area contributed by atoms with E-state index in [4.69, 9.17) is 11.6 Å². The quantitative estimate of drug-likeness (QED) is 0.588. The third-order valence-corrected chi connectivity index (χ3v) is 4.95. The number of halogens is 2. The minimum atomic E-state index is -0.599. The van der Waals surface area contributed by atoms with Crippen LogP contribution in [0.25, 0.3) is 0 Å². The van der Waals surface area contributed by atoms with E-state index in [0.717, 1.165) is 11.1 Å². The fraction of sp³-hybridized carbons (Fsp3) is 0.174. The molecule has 3 aromatic rings. The lowest BCUT2D eigenvalue weighted by molar-refractivity contribution is -0.121. The third-order valence-electron chi connectivity index (χ3n) is 4.59. The molecule has 0 saturated carbocycles. The monoisotopic (exact) mass is 396 g/mol. The number of hydrogen-bond donors (Lipinski definition) is 1. The molecular weight excluding hydrogens is 375 g/mol. The number of likely N-dealkylation sites (N-methyl/N-ethyl adjacent to an activating group) is 1. The summed E-state index contributed by atoms with van der Waals surface area (Å²) in [4.78, 5) is 14.9. The SMILES string of the molecule is Cc1ccc(NC(=O)C(c2ccccc2)N(C)Cc2c(F)cccc2Cl)cc1. The van der Waals surface area contributed by atoms with Crippen molar-refractivity contribution in [2.24, 2.45) is 0 Å². The van der Waals surface area contributed by atoms with E-state index in [2.05, 4.69) is 5.32 Å². The Morgan fingerprint density at radius 1 is 1.04 bits per heavy atom. The molecule has 1 unspecified atom stereocenters. The van der Waals surface area contributed by atoms with Gasteiger partial charge in [-0.15, -0.1) is 0 Å². The summed E-state index contributed by atoms with van der Waals surface area (Å²) < 4.78 is 14.3. The standard InChI is InChI=1S/C23H22ClFN2O/c1-16-11-13-18(14-12-16)26-23(28)22(17-7-4-3-5-8-17)27(2)15-19-20(24)9-6-10-21(19)25/h3-14,22H,15H2,1-2H3,(H,26,28). The van der Waals surface area contributed by atoms with Crippen molar-refractivity contribution in [1.82, 2.24) is 4.90 Å². The molecule has 1 amide bonds. The molecule has 0 saturated heterocycles. The van der Waals surface area contributed by atoms with E-state index in [0.29, 0.717) is 16.3 Å². The van der Waals surface area contributed by atoms with E-state index in [9.17, 15) is 9.18 Å². The number of aryl methyl sites for hydroxylation is 1. The fourth-order valence-electron chi connectivity index (χ4n) is 3.11. The first-order valence-corrected chi connectivity index (χ1v) is 9.39. The van der Waals surface area contributed by atoms with E-state index in [1.165, 1.54) is 6.07 Å².